The van der Waals surface area contributed by atoms with Crippen molar-refractivity contribution in [1.82, 2.24) is 10.2 Å². The topological polar surface area (TPSA) is 78.9 Å². The minimum Gasteiger partial charge on any atom is -0.479 e. The summed E-state index contributed by atoms with van der Waals surface area (Å²) in [5.41, 5.74) is 0. The molecule has 1 heterocycles. The van der Waals surface area contributed by atoms with Crippen LogP contribution in [0.15, 0.2) is 0 Å². The molecule has 2 atom stereocenters. The van der Waals surface area contributed by atoms with Crippen molar-refractivity contribution in [2.45, 2.75) is 50.8 Å². The van der Waals surface area contributed by atoms with E-state index < -0.39 is 12.1 Å². The van der Waals surface area contributed by atoms with Crippen molar-refractivity contribution in [2.75, 3.05) is 19.7 Å². The summed E-state index contributed by atoms with van der Waals surface area (Å²) in [5.74, 6) is -0.967. The number of carbonyl (C=O) groups excluding carboxylic acids is 1. The molecule has 2 unspecified atom stereocenters. The number of nitrogens with zero attached hydrogens (tertiary/aromatic N) is 1. The molecule has 0 aromatic heterocycles. The van der Waals surface area contributed by atoms with Crippen molar-refractivity contribution in [3.05, 3.63) is 0 Å². The van der Waals surface area contributed by atoms with Gasteiger partial charge >= 0.3 is 5.97 Å². The Morgan fingerprint density at radius 2 is 2.05 bits per heavy atom. The molecule has 2 fully saturated rings. The van der Waals surface area contributed by atoms with Gasteiger partial charge in [-0.15, -0.1) is 0 Å². The van der Waals surface area contributed by atoms with Gasteiger partial charge in [-0.25, -0.2) is 4.79 Å². The molecule has 1 aliphatic heterocycles. The normalized spacial score (nSPS) is 27.1. The lowest BCUT2D eigenvalue weighted by Gasteiger charge is -2.34. The Balaban J connectivity index is 1.85. The van der Waals surface area contributed by atoms with E-state index in [9.17, 15) is 9.59 Å². The van der Waals surface area contributed by atoms with Gasteiger partial charge in [0.2, 0.25) is 5.91 Å². The maximum atomic E-state index is 12.1. The van der Waals surface area contributed by atoms with Crippen molar-refractivity contribution in [2.24, 2.45) is 0 Å². The number of hydrogen-bond donors (Lipinski definition) is 2. The minimum atomic E-state index is -0.965. The first-order valence-electron chi connectivity index (χ1n) is 6.97. The van der Waals surface area contributed by atoms with Gasteiger partial charge in [-0.3, -0.25) is 9.69 Å². The van der Waals surface area contributed by atoms with Crippen LogP contribution in [0.3, 0.4) is 0 Å². The Labute approximate surface area is 113 Å². The van der Waals surface area contributed by atoms with Gasteiger partial charge in [0.15, 0.2) is 6.10 Å². The van der Waals surface area contributed by atoms with E-state index in [4.69, 9.17) is 9.84 Å². The van der Waals surface area contributed by atoms with Crippen LogP contribution >= 0.6 is 0 Å². The highest BCUT2D eigenvalue weighted by atomic mass is 16.5. The summed E-state index contributed by atoms with van der Waals surface area (Å²) in [4.78, 5) is 24.9. The van der Waals surface area contributed by atoms with Gasteiger partial charge in [0.05, 0.1) is 12.6 Å². The molecule has 1 aliphatic carbocycles. The third-order valence-electron chi connectivity index (χ3n) is 4.00. The highest BCUT2D eigenvalue weighted by Gasteiger charge is 2.32. The number of carbonyl (C=O) groups is 2. The zero-order valence-corrected chi connectivity index (χ0v) is 11.3. The molecule has 0 aromatic rings. The first-order valence-corrected chi connectivity index (χ1v) is 6.97. The zero-order chi connectivity index (χ0) is 13.8. The Morgan fingerprint density at radius 1 is 1.37 bits per heavy atom. The molecule has 1 amide bonds. The molecule has 0 radical (unpaired) electrons. The molecule has 2 aliphatic rings. The van der Waals surface area contributed by atoms with E-state index >= 15 is 0 Å². The molecule has 2 N–H and O–H groups in total. The van der Waals surface area contributed by atoms with Crippen LogP contribution in [-0.4, -0.2) is 59.8 Å². The van der Waals surface area contributed by atoms with E-state index in [1.165, 1.54) is 12.8 Å². The smallest absolute Gasteiger partial charge is 0.334 e. The van der Waals surface area contributed by atoms with E-state index in [2.05, 4.69) is 5.32 Å². The van der Waals surface area contributed by atoms with Gasteiger partial charge < -0.3 is 15.2 Å². The van der Waals surface area contributed by atoms with Crippen LogP contribution in [0.5, 0.6) is 0 Å². The summed E-state index contributed by atoms with van der Waals surface area (Å²) in [7, 11) is 0. The second-order valence-electron chi connectivity index (χ2n) is 5.36. The third-order valence-corrected chi connectivity index (χ3v) is 4.00. The van der Waals surface area contributed by atoms with Crippen molar-refractivity contribution in [1.29, 1.82) is 0 Å². The lowest BCUT2D eigenvalue weighted by molar-refractivity contribution is -0.158. The lowest BCUT2D eigenvalue weighted by Crippen LogP contribution is -2.54. The Morgan fingerprint density at radius 3 is 2.68 bits per heavy atom. The second-order valence-corrected chi connectivity index (χ2v) is 5.36. The number of carboxylic acids is 1. The number of nitrogens with one attached hydrogen (secondary N) is 1. The average Bonchev–Trinajstić information content (AvgIpc) is 2.90. The molecule has 6 nitrogen and oxygen atoms in total. The fourth-order valence-electron chi connectivity index (χ4n) is 2.73. The van der Waals surface area contributed by atoms with Crippen LogP contribution in [0.25, 0.3) is 0 Å². The zero-order valence-electron chi connectivity index (χ0n) is 11.3. The number of amides is 1. The van der Waals surface area contributed by atoms with Gasteiger partial charge in [-0.1, -0.05) is 12.8 Å². The average molecular weight is 270 g/mol. The predicted molar refractivity (Wildman–Crippen MR) is 68.8 cm³/mol. The molecule has 19 heavy (non-hydrogen) atoms. The SMILES string of the molecule is CC(C(=O)NC1CCCC1)N1CCOC(C(=O)O)C1. The maximum absolute atomic E-state index is 12.1. The fraction of sp³-hybridized carbons (Fsp3) is 0.846. The van der Waals surface area contributed by atoms with Crippen LogP contribution in [0.1, 0.15) is 32.6 Å². The minimum absolute atomic E-state index is 0.00191. The Bertz CT molecular complexity index is 342. The number of ether oxygens (including phenoxy) is 1. The van der Waals surface area contributed by atoms with E-state index in [1.54, 1.807) is 0 Å². The predicted octanol–water partition coefficient (Wildman–Crippen LogP) is 0.219. The van der Waals surface area contributed by atoms with Crippen LogP contribution < -0.4 is 5.32 Å². The number of morpholine rings is 1. The molecule has 0 spiro atoms. The summed E-state index contributed by atoms with van der Waals surface area (Å²) in [6.45, 7) is 3.06. The molecule has 2 rings (SSSR count). The third kappa shape index (κ3) is 3.67. The first-order chi connectivity index (χ1) is 9.08. The highest BCUT2D eigenvalue weighted by Crippen LogP contribution is 2.18. The van der Waals surface area contributed by atoms with E-state index in [0.717, 1.165) is 12.8 Å². The van der Waals surface area contributed by atoms with Crippen molar-refractivity contribution in [3.8, 4) is 0 Å². The summed E-state index contributed by atoms with van der Waals surface area (Å²) >= 11 is 0. The molecule has 6 heteroatoms. The number of carboxylic acid groups (broad SMARTS) is 1. The standard InChI is InChI=1S/C13H22N2O4/c1-9(12(16)14-10-4-2-3-5-10)15-6-7-19-11(8-15)13(17)18/h9-11H,2-8H2,1H3,(H,14,16)(H,17,18). The first kappa shape index (κ1) is 14.3. The van der Waals surface area contributed by atoms with Crippen LogP contribution in [0.2, 0.25) is 0 Å². The largest absolute Gasteiger partial charge is 0.479 e. The lowest BCUT2D eigenvalue weighted by atomic mass is 10.1. The van der Waals surface area contributed by atoms with Gasteiger partial charge in [-0.05, 0) is 19.8 Å². The molecule has 0 bridgehead atoms. The number of rotatable bonds is 4. The molecule has 1 saturated carbocycles. The summed E-state index contributed by atoms with van der Waals surface area (Å²) in [6, 6.07) is -0.00221. The highest BCUT2D eigenvalue weighted by molar-refractivity contribution is 5.81. The van der Waals surface area contributed by atoms with Gasteiger partial charge in [0.25, 0.3) is 0 Å². The van der Waals surface area contributed by atoms with Crippen molar-refractivity contribution in [3.63, 3.8) is 0 Å². The second kappa shape index (κ2) is 6.34. The maximum Gasteiger partial charge on any atom is 0.334 e. The molecule has 1 saturated heterocycles. The molecule has 0 aromatic carbocycles. The summed E-state index contributed by atoms with van der Waals surface area (Å²) in [6.07, 6.45) is 3.64. The van der Waals surface area contributed by atoms with E-state index in [0.29, 0.717) is 19.2 Å². The van der Waals surface area contributed by atoms with Gasteiger partial charge in [0.1, 0.15) is 0 Å². The quantitative estimate of drug-likeness (QED) is 0.764. The number of aliphatic carboxylic acids is 1. The molecular weight excluding hydrogens is 248 g/mol. The monoisotopic (exact) mass is 270 g/mol. The van der Waals surface area contributed by atoms with Gasteiger partial charge in [-0.2, -0.15) is 0 Å². The molecule has 108 valence electrons. The van der Waals surface area contributed by atoms with Crippen molar-refractivity contribution < 1.29 is 19.4 Å². The van der Waals surface area contributed by atoms with Crippen LogP contribution in [-0.2, 0) is 14.3 Å². The van der Waals surface area contributed by atoms with Crippen LogP contribution in [0, 0.1) is 0 Å². The van der Waals surface area contributed by atoms with E-state index in [1.807, 2.05) is 11.8 Å². The Hall–Kier alpha value is -1.14. The molecular formula is C13H22N2O4. The fourth-order valence-corrected chi connectivity index (χ4v) is 2.73. The van der Waals surface area contributed by atoms with Crippen molar-refractivity contribution >= 4 is 11.9 Å². The number of hydrogen-bond acceptors (Lipinski definition) is 4. The van der Waals surface area contributed by atoms with E-state index in [-0.39, 0.29) is 18.5 Å². The van der Waals surface area contributed by atoms with Gasteiger partial charge in [0, 0.05) is 19.1 Å². The van der Waals surface area contributed by atoms with Crippen LogP contribution in [0.4, 0.5) is 0 Å². The summed E-state index contributed by atoms with van der Waals surface area (Å²) < 4.78 is 5.16. The Kier molecular flexibility index (Phi) is 4.76. The summed E-state index contributed by atoms with van der Waals surface area (Å²) in [5, 5.41) is 12.0.